The van der Waals surface area contributed by atoms with Crippen molar-refractivity contribution in [2.75, 3.05) is 29.9 Å². The lowest BCUT2D eigenvalue weighted by atomic mass is 10.1. The van der Waals surface area contributed by atoms with Crippen molar-refractivity contribution in [1.29, 1.82) is 0 Å². The summed E-state index contributed by atoms with van der Waals surface area (Å²) in [5.74, 6) is 1.43. The molecular formula is C18H22F2N6O2. The Morgan fingerprint density at radius 1 is 1.46 bits per heavy atom. The van der Waals surface area contributed by atoms with E-state index in [4.69, 9.17) is 10.5 Å². The number of halogens is 2. The summed E-state index contributed by atoms with van der Waals surface area (Å²) in [5, 5.41) is 5.74. The van der Waals surface area contributed by atoms with Crippen LogP contribution in [-0.2, 0) is 6.54 Å². The number of nitrogens with zero attached hydrogens (tertiary/aromatic N) is 3. The first kappa shape index (κ1) is 18.5. The van der Waals surface area contributed by atoms with Crippen molar-refractivity contribution in [2.45, 2.75) is 32.0 Å². The zero-order valence-corrected chi connectivity index (χ0v) is 15.4. The van der Waals surface area contributed by atoms with Gasteiger partial charge in [-0.15, -0.1) is 0 Å². The second-order valence-corrected chi connectivity index (χ2v) is 6.91. The van der Waals surface area contributed by atoms with Gasteiger partial charge in [0.25, 0.3) is 6.43 Å². The van der Waals surface area contributed by atoms with E-state index in [0.29, 0.717) is 31.3 Å². The number of anilines is 2. The normalized spacial score (nSPS) is 19.5. The lowest BCUT2D eigenvalue weighted by molar-refractivity contribution is 0.122. The number of carbonyl (C=O) groups excluding carboxylic acids is 1. The number of urea groups is 1. The zero-order chi connectivity index (χ0) is 19.8. The molecule has 2 amide bonds. The lowest BCUT2D eigenvalue weighted by Gasteiger charge is -2.19. The highest BCUT2D eigenvalue weighted by atomic mass is 19.3. The quantitative estimate of drug-likeness (QED) is 0.722. The van der Waals surface area contributed by atoms with Crippen LogP contribution in [0.2, 0.25) is 0 Å². The van der Waals surface area contributed by atoms with E-state index in [2.05, 4.69) is 15.6 Å². The van der Waals surface area contributed by atoms with Crippen molar-refractivity contribution < 1.29 is 18.3 Å². The van der Waals surface area contributed by atoms with Gasteiger partial charge in [-0.2, -0.15) is 0 Å². The first-order valence-corrected chi connectivity index (χ1v) is 9.14. The Morgan fingerprint density at radius 3 is 3.04 bits per heavy atom. The molecule has 10 heteroatoms. The average Bonchev–Trinajstić information content (AvgIpc) is 3.21. The Morgan fingerprint density at radius 2 is 2.29 bits per heavy atom. The van der Waals surface area contributed by atoms with Crippen molar-refractivity contribution in [3.8, 4) is 17.1 Å². The van der Waals surface area contributed by atoms with E-state index in [0.717, 1.165) is 16.2 Å². The molecule has 1 saturated heterocycles. The maximum atomic E-state index is 13.3. The highest BCUT2D eigenvalue weighted by Gasteiger charge is 2.40. The van der Waals surface area contributed by atoms with E-state index in [1.807, 2.05) is 29.7 Å². The van der Waals surface area contributed by atoms with Crippen LogP contribution in [0.1, 0.15) is 6.92 Å². The van der Waals surface area contributed by atoms with Crippen LogP contribution in [0, 0.1) is 0 Å². The number of alkyl halides is 2. The predicted molar refractivity (Wildman–Crippen MR) is 101 cm³/mol. The molecule has 3 heterocycles. The van der Waals surface area contributed by atoms with E-state index in [1.165, 1.54) is 0 Å². The van der Waals surface area contributed by atoms with Crippen LogP contribution in [-0.4, -0.2) is 53.8 Å². The van der Waals surface area contributed by atoms with Gasteiger partial charge in [0.1, 0.15) is 24.2 Å². The Bertz CT molecular complexity index is 887. The SMILES string of the molecule is C[C@@H](CN)Nc1ccc2c(c1)OCCn1cc(N3C(=O)NC[C@H]3C(F)F)nc1-2. The molecule has 1 aromatic heterocycles. The molecule has 0 aliphatic carbocycles. The smallest absolute Gasteiger partial charge is 0.323 e. The van der Waals surface area contributed by atoms with Gasteiger partial charge in [0, 0.05) is 37.1 Å². The summed E-state index contributed by atoms with van der Waals surface area (Å²) in [5.41, 5.74) is 7.26. The third-order valence-corrected chi connectivity index (χ3v) is 4.89. The molecule has 2 aromatic rings. The summed E-state index contributed by atoms with van der Waals surface area (Å²) in [6.07, 6.45) is -1.04. The van der Waals surface area contributed by atoms with Crippen LogP contribution in [0.15, 0.2) is 24.4 Å². The first-order chi connectivity index (χ1) is 13.5. The van der Waals surface area contributed by atoms with Gasteiger partial charge in [-0.1, -0.05) is 0 Å². The van der Waals surface area contributed by atoms with Crippen molar-refractivity contribution >= 4 is 17.5 Å². The number of ether oxygens (including phenoxy) is 1. The van der Waals surface area contributed by atoms with Crippen LogP contribution in [0.3, 0.4) is 0 Å². The van der Waals surface area contributed by atoms with E-state index in [9.17, 15) is 13.6 Å². The largest absolute Gasteiger partial charge is 0.491 e. The topological polar surface area (TPSA) is 97.4 Å². The number of nitrogens with one attached hydrogen (secondary N) is 2. The van der Waals surface area contributed by atoms with Crippen molar-refractivity contribution in [1.82, 2.24) is 14.9 Å². The van der Waals surface area contributed by atoms with Gasteiger partial charge in [0.05, 0.1) is 12.1 Å². The second-order valence-electron chi connectivity index (χ2n) is 6.91. The predicted octanol–water partition coefficient (Wildman–Crippen LogP) is 1.86. The summed E-state index contributed by atoms with van der Waals surface area (Å²) in [6.45, 7) is 3.26. The number of carbonyl (C=O) groups is 1. The van der Waals surface area contributed by atoms with Gasteiger partial charge in [-0.3, -0.25) is 4.90 Å². The minimum atomic E-state index is -2.66. The van der Waals surface area contributed by atoms with E-state index < -0.39 is 18.5 Å². The van der Waals surface area contributed by atoms with Crippen molar-refractivity contribution in [3.63, 3.8) is 0 Å². The summed E-state index contributed by atoms with van der Waals surface area (Å²) in [7, 11) is 0. The number of fused-ring (bicyclic) bond motifs is 3. The number of amides is 2. The highest BCUT2D eigenvalue weighted by Crippen LogP contribution is 2.36. The molecule has 8 nitrogen and oxygen atoms in total. The number of imidazole rings is 1. The standard InChI is InChI=1S/C18H22F2N6O2/c1-10(7-21)23-11-2-3-12-14(6-11)28-5-4-25-9-15(24-17(12)25)26-13(16(19)20)8-22-18(26)27/h2-3,6,9-10,13,16,23H,4-5,7-8,21H2,1H3,(H,22,27)/t10-,13-/m0/s1. The number of aromatic nitrogens is 2. The number of benzene rings is 1. The molecular weight excluding hydrogens is 370 g/mol. The third kappa shape index (κ3) is 3.24. The van der Waals surface area contributed by atoms with Gasteiger partial charge in [0.15, 0.2) is 5.82 Å². The second kappa shape index (κ2) is 7.27. The van der Waals surface area contributed by atoms with Crippen molar-refractivity contribution in [3.05, 3.63) is 24.4 Å². The summed E-state index contributed by atoms with van der Waals surface area (Å²) >= 11 is 0. The molecule has 0 spiro atoms. The van der Waals surface area contributed by atoms with Crippen LogP contribution < -0.4 is 26.0 Å². The minimum Gasteiger partial charge on any atom is -0.491 e. The molecule has 0 bridgehead atoms. The molecule has 0 radical (unpaired) electrons. The van der Waals surface area contributed by atoms with Gasteiger partial charge >= 0.3 is 6.03 Å². The molecule has 0 saturated carbocycles. The fourth-order valence-electron chi connectivity index (χ4n) is 3.41. The average molecular weight is 392 g/mol. The van der Waals surface area contributed by atoms with Gasteiger partial charge in [-0.05, 0) is 19.1 Å². The highest BCUT2D eigenvalue weighted by molar-refractivity contribution is 5.94. The Kier molecular flexibility index (Phi) is 4.80. The van der Waals surface area contributed by atoms with Crippen LogP contribution in [0.5, 0.6) is 5.75 Å². The summed E-state index contributed by atoms with van der Waals surface area (Å²) in [6, 6.07) is 3.94. The zero-order valence-electron chi connectivity index (χ0n) is 15.4. The monoisotopic (exact) mass is 392 g/mol. The Labute approximate surface area is 160 Å². The molecule has 28 heavy (non-hydrogen) atoms. The maximum absolute atomic E-state index is 13.3. The molecule has 1 fully saturated rings. The maximum Gasteiger partial charge on any atom is 0.323 e. The molecule has 2 aliphatic heterocycles. The van der Waals surface area contributed by atoms with E-state index in [1.54, 1.807) is 6.20 Å². The Balaban J connectivity index is 1.69. The Hall–Kier alpha value is -2.88. The van der Waals surface area contributed by atoms with E-state index >= 15 is 0 Å². The molecule has 2 atom stereocenters. The molecule has 4 N–H and O–H groups in total. The van der Waals surface area contributed by atoms with Crippen LogP contribution >= 0.6 is 0 Å². The third-order valence-electron chi connectivity index (χ3n) is 4.89. The molecule has 2 aliphatic rings. The summed E-state index contributed by atoms with van der Waals surface area (Å²) < 4.78 is 34.3. The minimum absolute atomic E-state index is 0.104. The number of rotatable bonds is 5. The van der Waals surface area contributed by atoms with Gasteiger partial charge in [0.2, 0.25) is 0 Å². The molecule has 1 aromatic carbocycles. The summed E-state index contributed by atoms with van der Waals surface area (Å²) in [4.78, 5) is 17.6. The molecule has 0 unspecified atom stereocenters. The fraction of sp³-hybridized carbons (Fsp3) is 0.444. The number of nitrogens with two attached hydrogens (primary N) is 1. The number of hydrogen-bond donors (Lipinski definition) is 3. The van der Waals surface area contributed by atoms with E-state index in [-0.39, 0.29) is 18.4 Å². The van der Waals surface area contributed by atoms with Gasteiger partial charge in [-0.25, -0.2) is 18.6 Å². The lowest BCUT2D eigenvalue weighted by Crippen LogP contribution is -2.39. The molecule has 150 valence electrons. The molecule has 4 rings (SSSR count). The fourth-order valence-corrected chi connectivity index (χ4v) is 3.41. The van der Waals surface area contributed by atoms with Crippen molar-refractivity contribution in [2.24, 2.45) is 5.73 Å². The first-order valence-electron chi connectivity index (χ1n) is 9.14. The van der Waals surface area contributed by atoms with Gasteiger partial charge < -0.3 is 25.7 Å². The van der Waals surface area contributed by atoms with Crippen LogP contribution in [0.25, 0.3) is 11.4 Å². The number of hydrogen-bond acceptors (Lipinski definition) is 5. The van der Waals surface area contributed by atoms with Crippen LogP contribution in [0.4, 0.5) is 25.1 Å².